The first-order chi connectivity index (χ1) is 13.8. The predicted molar refractivity (Wildman–Crippen MR) is 116 cm³/mol. The van der Waals surface area contributed by atoms with Crippen LogP contribution < -0.4 is 10.1 Å². The third-order valence-corrected chi connectivity index (χ3v) is 5.75. The molecule has 150 valence electrons. The molecule has 1 aliphatic heterocycles. The van der Waals surface area contributed by atoms with Crippen molar-refractivity contribution < 1.29 is 19.1 Å². The van der Waals surface area contributed by atoms with Crippen LogP contribution in [0, 0.1) is 0 Å². The van der Waals surface area contributed by atoms with Crippen LogP contribution in [0.2, 0.25) is 15.1 Å². The first kappa shape index (κ1) is 21.5. The van der Waals surface area contributed by atoms with Gasteiger partial charge in [0.15, 0.2) is 0 Å². The standard InChI is InChI=1S/C19H13Cl3N2O4S/c1-28-15-6-5-10(7-14(15)22)23-17(25)9-24-18(26)16(29-19(24)27)8-11-12(20)3-2-4-13(11)21/h2-8H,9H2,1H3,(H,23,25)/b16-8+. The summed E-state index contributed by atoms with van der Waals surface area (Å²) in [6.45, 7) is -0.443. The molecule has 3 rings (SSSR count). The molecule has 0 bridgehead atoms. The van der Waals surface area contributed by atoms with Gasteiger partial charge in [-0.25, -0.2) is 0 Å². The maximum Gasteiger partial charge on any atom is 0.294 e. The summed E-state index contributed by atoms with van der Waals surface area (Å²) in [5.74, 6) is -0.691. The first-order valence-electron chi connectivity index (χ1n) is 8.13. The lowest BCUT2D eigenvalue weighted by Gasteiger charge is -2.13. The summed E-state index contributed by atoms with van der Waals surface area (Å²) in [5, 5.41) is 3.03. The molecule has 1 N–H and O–H groups in total. The van der Waals surface area contributed by atoms with E-state index in [-0.39, 0.29) is 4.91 Å². The molecule has 0 radical (unpaired) electrons. The van der Waals surface area contributed by atoms with Crippen LogP contribution in [0.1, 0.15) is 5.56 Å². The number of halogens is 3. The van der Waals surface area contributed by atoms with Crippen molar-refractivity contribution >= 4 is 75.4 Å². The number of nitrogens with zero attached hydrogens (tertiary/aromatic N) is 1. The van der Waals surface area contributed by atoms with Crippen LogP contribution in [-0.4, -0.2) is 35.6 Å². The monoisotopic (exact) mass is 470 g/mol. The smallest absolute Gasteiger partial charge is 0.294 e. The van der Waals surface area contributed by atoms with Crippen LogP contribution >= 0.6 is 46.6 Å². The third-order valence-electron chi connectivity index (χ3n) is 3.89. The molecule has 1 fully saturated rings. The van der Waals surface area contributed by atoms with E-state index < -0.39 is 23.6 Å². The molecule has 1 saturated heterocycles. The Morgan fingerprint density at radius 3 is 2.45 bits per heavy atom. The Balaban J connectivity index is 1.72. The summed E-state index contributed by atoms with van der Waals surface area (Å²) in [6.07, 6.45) is 1.44. The number of thioether (sulfide) groups is 1. The zero-order valence-electron chi connectivity index (χ0n) is 14.9. The van der Waals surface area contributed by atoms with Gasteiger partial charge in [-0.1, -0.05) is 40.9 Å². The molecule has 2 aromatic rings. The molecular weight excluding hydrogens is 459 g/mol. The average Bonchev–Trinajstić information content (AvgIpc) is 2.92. The van der Waals surface area contributed by atoms with Gasteiger partial charge in [-0.2, -0.15) is 0 Å². The zero-order chi connectivity index (χ0) is 21.1. The minimum atomic E-state index is -0.598. The fourth-order valence-electron chi connectivity index (χ4n) is 2.50. The molecule has 0 saturated carbocycles. The second-order valence-electron chi connectivity index (χ2n) is 5.80. The Hall–Kier alpha value is -2.19. The maximum absolute atomic E-state index is 12.6. The second kappa shape index (κ2) is 9.09. The zero-order valence-corrected chi connectivity index (χ0v) is 18.0. The van der Waals surface area contributed by atoms with Crippen LogP contribution in [0.15, 0.2) is 41.3 Å². The minimum Gasteiger partial charge on any atom is -0.495 e. The average molecular weight is 472 g/mol. The van der Waals surface area contributed by atoms with E-state index in [0.29, 0.717) is 43.8 Å². The van der Waals surface area contributed by atoms with Crippen molar-refractivity contribution in [3.8, 4) is 5.75 Å². The van der Waals surface area contributed by atoms with Crippen molar-refractivity contribution in [1.82, 2.24) is 4.90 Å². The van der Waals surface area contributed by atoms with E-state index in [0.717, 1.165) is 4.90 Å². The Morgan fingerprint density at radius 2 is 1.83 bits per heavy atom. The molecule has 0 atom stereocenters. The highest BCUT2D eigenvalue weighted by atomic mass is 35.5. The fraction of sp³-hybridized carbons (Fsp3) is 0.105. The van der Waals surface area contributed by atoms with E-state index >= 15 is 0 Å². The highest BCUT2D eigenvalue weighted by molar-refractivity contribution is 8.18. The molecule has 10 heteroatoms. The van der Waals surface area contributed by atoms with Crippen LogP contribution in [0.25, 0.3) is 6.08 Å². The van der Waals surface area contributed by atoms with Crippen molar-refractivity contribution in [2.45, 2.75) is 0 Å². The lowest BCUT2D eigenvalue weighted by Crippen LogP contribution is -2.36. The van der Waals surface area contributed by atoms with E-state index in [4.69, 9.17) is 39.5 Å². The highest BCUT2D eigenvalue weighted by Crippen LogP contribution is 2.35. The van der Waals surface area contributed by atoms with Gasteiger partial charge >= 0.3 is 0 Å². The SMILES string of the molecule is COc1ccc(NC(=O)CN2C(=O)S/C(=C/c3c(Cl)cccc3Cl)C2=O)cc1Cl. The highest BCUT2D eigenvalue weighted by Gasteiger charge is 2.36. The van der Waals surface area contributed by atoms with Gasteiger partial charge in [-0.05, 0) is 48.2 Å². The molecule has 3 amide bonds. The van der Waals surface area contributed by atoms with E-state index in [1.165, 1.54) is 19.3 Å². The number of nitrogens with one attached hydrogen (secondary N) is 1. The number of benzene rings is 2. The van der Waals surface area contributed by atoms with Gasteiger partial charge in [0.05, 0.1) is 17.0 Å². The molecule has 1 heterocycles. The number of anilines is 1. The van der Waals surface area contributed by atoms with Crippen LogP contribution in [0.4, 0.5) is 10.5 Å². The number of carbonyl (C=O) groups is 3. The normalized spacial score (nSPS) is 15.2. The summed E-state index contributed by atoms with van der Waals surface area (Å²) in [7, 11) is 1.47. The van der Waals surface area contributed by atoms with Crippen molar-refractivity contribution in [1.29, 1.82) is 0 Å². The summed E-state index contributed by atoms with van der Waals surface area (Å²) >= 11 is 18.9. The summed E-state index contributed by atoms with van der Waals surface area (Å²) in [5.41, 5.74) is 0.838. The number of ether oxygens (including phenoxy) is 1. The summed E-state index contributed by atoms with van der Waals surface area (Å²) in [4.78, 5) is 38.1. The van der Waals surface area contributed by atoms with Gasteiger partial charge in [0.1, 0.15) is 12.3 Å². The van der Waals surface area contributed by atoms with Crippen LogP contribution in [0.5, 0.6) is 5.75 Å². The lowest BCUT2D eigenvalue weighted by molar-refractivity contribution is -0.127. The van der Waals surface area contributed by atoms with Gasteiger partial charge in [-0.15, -0.1) is 0 Å². The number of carbonyl (C=O) groups excluding carboxylic acids is 3. The number of rotatable bonds is 5. The minimum absolute atomic E-state index is 0.130. The summed E-state index contributed by atoms with van der Waals surface area (Å²) < 4.78 is 5.05. The molecule has 2 aromatic carbocycles. The number of amides is 3. The Kier molecular flexibility index (Phi) is 6.74. The van der Waals surface area contributed by atoms with E-state index in [9.17, 15) is 14.4 Å². The quantitative estimate of drug-likeness (QED) is 0.597. The largest absolute Gasteiger partial charge is 0.495 e. The van der Waals surface area contributed by atoms with Gasteiger partial charge < -0.3 is 10.1 Å². The molecule has 6 nitrogen and oxygen atoms in total. The van der Waals surface area contributed by atoms with Crippen molar-refractivity contribution in [2.75, 3.05) is 19.0 Å². The summed E-state index contributed by atoms with van der Waals surface area (Å²) in [6, 6.07) is 9.60. The maximum atomic E-state index is 12.6. The second-order valence-corrected chi connectivity index (χ2v) is 8.02. The molecular formula is C19H13Cl3N2O4S. The van der Waals surface area contributed by atoms with Gasteiger partial charge in [0.25, 0.3) is 11.1 Å². The topological polar surface area (TPSA) is 75.7 Å². The first-order valence-corrected chi connectivity index (χ1v) is 10.1. The Labute approximate surface area is 185 Å². The molecule has 29 heavy (non-hydrogen) atoms. The molecule has 0 unspecified atom stereocenters. The fourth-order valence-corrected chi connectivity index (χ4v) is 4.09. The molecule has 0 aromatic heterocycles. The Bertz CT molecular complexity index is 1020. The van der Waals surface area contributed by atoms with Crippen molar-refractivity contribution in [2.24, 2.45) is 0 Å². The third kappa shape index (κ3) is 4.87. The van der Waals surface area contributed by atoms with Gasteiger partial charge in [-0.3, -0.25) is 19.3 Å². The number of methoxy groups -OCH3 is 1. The molecule has 0 aliphatic carbocycles. The molecule has 1 aliphatic rings. The van der Waals surface area contributed by atoms with Gasteiger partial charge in [0, 0.05) is 21.3 Å². The van der Waals surface area contributed by atoms with Gasteiger partial charge in [0.2, 0.25) is 5.91 Å². The Morgan fingerprint density at radius 1 is 1.14 bits per heavy atom. The number of hydrogen-bond donors (Lipinski definition) is 1. The van der Waals surface area contributed by atoms with E-state index in [1.807, 2.05) is 0 Å². The lowest BCUT2D eigenvalue weighted by atomic mass is 10.2. The van der Waals surface area contributed by atoms with Crippen LogP contribution in [0.3, 0.4) is 0 Å². The van der Waals surface area contributed by atoms with Crippen molar-refractivity contribution in [3.05, 3.63) is 61.9 Å². The van der Waals surface area contributed by atoms with Crippen molar-refractivity contribution in [3.63, 3.8) is 0 Å². The number of hydrogen-bond acceptors (Lipinski definition) is 5. The predicted octanol–water partition coefficient (Wildman–Crippen LogP) is 5.33. The van der Waals surface area contributed by atoms with Crippen LogP contribution in [-0.2, 0) is 9.59 Å². The van der Waals surface area contributed by atoms with E-state index in [1.54, 1.807) is 30.3 Å². The van der Waals surface area contributed by atoms with E-state index in [2.05, 4.69) is 5.32 Å². The molecule has 0 spiro atoms. The number of imide groups is 1.